The van der Waals surface area contributed by atoms with E-state index in [0.717, 1.165) is 24.5 Å². The molecule has 22 heavy (non-hydrogen) atoms. The van der Waals surface area contributed by atoms with Crippen LogP contribution in [0.5, 0.6) is 0 Å². The first-order valence-corrected chi connectivity index (χ1v) is 7.95. The van der Waals surface area contributed by atoms with Crippen molar-refractivity contribution < 1.29 is 9.21 Å². The minimum atomic E-state index is -0.212. The number of benzene rings is 1. The van der Waals surface area contributed by atoms with Gasteiger partial charge < -0.3 is 14.6 Å². The summed E-state index contributed by atoms with van der Waals surface area (Å²) in [5, 5.41) is 2.86. The summed E-state index contributed by atoms with van der Waals surface area (Å²) in [6.45, 7) is 4.07. The smallest absolute Gasteiger partial charge is 0.291 e. The molecular formula is C18H22N2O2. The number of aryl methyl sites for hydroxylation is 1. The lowest BCUT2D eigenvalue weighted by Gasteiger charge is -2.22. The van der Waals surface area contributed by atoms with Crippen LogP contribution in [-0.2, 0) is 0 Å². The summed E-state index contributed by atoms with van der Waals surface area (Å²) in [6, 6.07) is 11.5. The Kier molecular flexibility index (Phi) is 4.47. The summed E-state index contributed by atoms with van der Waals surface area (Å²) >= 11 is 0. The maximum absolute atomic E-state index is 12.0. The molecule has 116 valence electrons. The van der Waals surface area contributed by atoms with Gasteiger partial charge in [0.1, 0.15) is 5.76 Å². The molecule has 1 N–H and O–H groups in total. The molecule has 0 aliphatic carbocycles. The van der Waals surface area contributed by atoms with Gasteiger partial charge in [0.25, 0.3) is 5.91 Å². The molecule has 1 aromatic heterocycles. The van der Waals surface area contributed by atoms with Crippen molar-refractivity contribution in [1.82, 2.24) is 0 Å². The number of rotatable bonds is 3. The summed E-state index contributed by atoms with van der Waals surface area (Å²) in [4.78, 5) is 14.5. The highest BCUT2D eigenvalue weighted by Crippen LogP contribution is 2.22. The molecule has 1 amide bonds. The second-order valence-electron chi connectivity index (χ2n) is 5.81. The number of hydrogen-bond acceptors (Lipinski definition) is 3. The van der Waals surface area contributed by atoms with Crippen LogP contribution in [0.1, 0.15) is 42.0 Å². The van der Waals surface area contributed by atoms with Crippen LogP contribution in [0, 0.1) is 6.92 Å². The van der Waals surface area contributed by atoms with Crippen molar-refractivity contribution in [3.05, 3.63) is 47.9 Å². The Balaban J connectivity index is 1.64. The Bertz CT molecular complexity index is 623. The third-order valence-electron chi connectivity index (χ3n) is 4.06. The fourth-order valence-electron chi connectivity index (χ4n) is 2.83. The molecule has 0 radical (unpaired) electrons. The van der Waals surface area contributed by atoms with Gasteiger partial charge in [0.05, 0.1) is 0 Å². The van der Waals surface area contributed by atoms with Crippen molar-refractivity contribution in [2.75, 3.05) is 23.3 Å². The van der Waals surface area contributed by atoms with Crippen molar-refractivity contribution in [3.63, 3.8) is 0 Å². The first-order chi connectivity index (χ1) is 10.7. The van der Waals surface area contributed by atoms with Crippen LogP contribution in [0.25, 0.3) is 0 Å². The zero-order valence-corrected chi connectivity index (χ0v) is 13.0. The maximum Gasteiger partial charge on any atom is 0.291 e. The van der Waals surface area contributed by atoms with Crippen LogP contribution < -0.4 is 10.2 Å². The highest BCUT2D eigenvalue weighted by molar-refractivity contribution is 6.02. The molecule has 4 nitrogen and oxygen atoms in total. The largest absolute Gasteiger partial charge is 0.456 e. The van der Waals surface area contributed by atoms with E-state index in [9.17, 15) is 4.79 Å². The molecule has 1 saturated heterocycles. The predicted molar refractivity (Wildman–Crippen MR) is 88.5 cm³/mol. The highest BCUT2D eigenvalue weighted by atomic mass is 16.3. The van der Waals surface area contributed by atoms with E-state index in [-0.39, 0.29) is 5.91 Å². The quantitative estimate of drug-likeness (QED) is 0.922. The third kappa shape index (κ3) is 3.50. The lowest BCUT2D eigenvalue weighted by Crippen LogP contribution is -2.23. The number of nitrogens with one attached hydrogen (secondary N) is 1. The average molecular weight is 298 g/mol. The number of carbonyl (C=O) groups is 1. The number of hydrogen-bond donors (Lipinski definition) is 1. The summed E-state index contributed by atoms with van der Waals surface area (Å²) in [7, 11) is 0. The molecule has 0 atom stereocenters. The van der Waals surface area contributed by atoms with Crippen LogP contribution in [0.15, 0.2) is 40.8 Å². The van der Waals surface area contributed by atoms with Crippen LogP contribution in [0.3, 0.4) is 0 Å². The van der Waals surface area contributed by atoms with Gasteiger partial charge in [-0.1, -0.05) is 12.8 Å². The predicted octanol–water partition coefficient (Wildman–Crippen LogP) is 4.22. The van der Waals surface area contributed by atoms with E-state index >= 15 is 0 Å². The van der Waals surface area contributed by atoms with Gasteiger partial charge in [-0.2, -0.15) is 0 Å². The summed E-state index contributed by atoms with van der Waals surface area (Å²) in [6.07, 6.45) is 5.17. The molecule has 2 heterocycles. The Hall–Kier alpha value is -2.23. The Labute approximate surface area is 131 Å². The van der Waals surface area contributed by atoms with Gasteiger partial charge in [-0.3, -0.25) is 4.79 Å². The van der Waals surface area contributed by atoms with E-state index in [4.69, 9.17) is 4.42 Å². The SMILES string of the molecule is Cc1ccc(C(=O)Nc2ccc(N3CCCCCC3)cc2)o1. The first-order valence-electron chi connectivity index (χ1n) is 7.95. The molecule has 1 aromatic carbocycles. The number of nitrogens with zero attached hydrogens (tertiary/aromatic N) is 1. The maximum atomic E-state index is 12.0. The average Bonchev–Trinajstić information content (AvgIpc) is 2.80. The lowest BCUT2D eigenvalue weighted by atomic mass is 10.2. The second-order valence-corrected chi connectivity index (χ2v) is 5.81. The molecule has 1 aliphatic rings. The molecule has 1 fully saturated rings. The summed E-state index contributed by atoms with van der Waals surface area (Å²) in [5.41, 5.74) is 2.02. The summed E-state index contributed by atoms with van der Waals surface area (Å²) in [5.74, 6) is 0.867. The number of amides is 1. The van der Waals surface area contributed by atoms with Gasteiger partial charge in [-0.15, -0.1) is 0 Å². The van der Waals surface area contributed by atoms with Crippen LogP contribution in [-0.4, -0.2) is 19.0 Å². The van der Waals surface area contributed by atoms with Crippen molar-refractivity contribution in [3.8, 4) is 0 Å². The number of anilines is 2. The van der Waals surface area contributed by atoms with E-state index in [1.54, 1.807) is 12.1 Å². The topological polar surface area (TPSA) is 45.5 Å². The molecule has 0 unspecified atom stereocenters. The van der Waals surface area contributed by atoms with Crippen molar-refractivity contribution >= 4 is 17.3 Å². The molecule has 1 aliphatic heterocycles. The molecule has 4 heteroatoms. The fraction of sp³-hybridized carbons (Fsp3) is 0.389. The van der Waals surface area contributed by atoms with E-state index in [0.29, 0.717) is 5.76 Å². The molecule has 2 aromatic rings. The molecule has 0 saturated carbocycles. The van der Waals surface area contributed by atoms with E-state index in [1.807, 2.05) is 19.1 Å². The van der Waals surface area contributed by atoms with Crippen LogP contribution in [0.4, 0.5) is 11.4 Å². The molecule has 0 bridgehead atoms. The molecule has 3 rings (SSSR count). The normalized spacial score (nSPS) is 15.4. The van der Waals surface area contributed by atoms with Gasteiger partial charge in [-0.05, 0) is 56.2 Å². The van der Waals surface area contributed by atoms with Crippen LogP contribution in [0.2, 0.25) is 0 Å². The van der Waals surface area contributed by atoms with Gasteiger partial charge >= 0.3 is 0 Å². The lowest BCUT2D eigenvalue weighted by molar-refractivity contribution is 0.0995. The van der Waals surface area contributed by atoms with Gasteiger partial charge in [0, 0.05) is 24.5 Å². The van der Waals surface area contributed by atoms with Gasteiger partial charge in [-0.25, -0.2) is 0 Å². The Morgan fingerprint density at radius 3 is 2.27 bits per heavy atom. The standard InChI is InChI=1S/C18H22N2O2/c1-14-6-11-17(22-14)18(21)19-15-7-9-16(10-8-15)20-12-4-2-3-5-13-20/h6-11H,2-5,12-13H2,1H3,(H,19,21). The minimum Gasteiger partial charge on any atom is -0.456 e. The van der Waals surface area contributed by atoms with Crippen molar-refractivity contribution in [2.45, 2.75) is 32.6 Å². The van der Waals surface area contributed by atoms with E-state index < -0.39 is 0 Å². The Morgan fingerprint density at radius 2 is 1.68 bits per heavy atom. The fourth-order valence-corrected chi connectivity index (χ4v) is 2.83. The van der Waals surface area contributed by atoms with Gasteiger partial charge in [0.15, 0.2) is 5.76 Å². The minimum absolute atomic E-state index is 0.212. The zero-order chi connectivity index (χ0) is 15.4. The number of carbonyl (C=O) groups excluding carboxylic acids is 1. The summed E-state index contributed by atoms with van der Waals surface area (Å²) < 4.78 is 5.33. The monoisotopic (exact) mass is 298 g/mol. The molecule has 0 spiro atoms. The zero-order valence-electron chi connectivity index (χ0n) is 13.0. The van der Waals surface area contributed by atoms with Crippen LogP contribution >= 0.6 is 0 Å². The van der Waals surface area contributed by atoms with E-state index in [1.165, 1.54) is 31.4 Å². The van der Waals surface area contributed by atoms with E-state index in [2.05, 4.69) is 22.3 Å². The van der Waals surface area contributed by atoms with Crippen molar-refractivity contribution in [2.24, 2.45) is 0 Å². The first kappa shape index (κ1) is 14.7. The van der Waals surface area contributed by atoms with Gasteiger partial charge in [0.2, 0.25) is 0 Å². The third-order valence-corrected chi connectivity index (χ3v) is 4.06. The second kappa shape index (κ2) is 6.69. The Morgan fingerprint density at radius 1 is 1.00 bits per heavy atom. The number of furan rings is 1. The molecular weight excluding hydrogens is 276 g/mol. The van der Waals surface area contributed by atoms with Crippen molar-refractivity contribution in [1.29, 1.82) is 0 Å². The highest BCUT2D eigenvalue weighted by Gasteiger charge is 2.12.